The van der Waals surface area contributed by atoms with E-state index >= 15 is 0 Å². The van der Waals surface area contributed by atoms with E-state index in [9.17, 15) is 38.4 Å². The van der Waals surface area contributed by atoms with Gasteiger partial charge in [-0.2, -0.15) is 8.42 Å². The summed E-state index contributed by atoms with van der Waals surface area (Å²) in [5.41, 5.74) is 10.3. The first-order valence-electron chi connectivity index (χ1n) is 51.9. The maximum Gasteiger partial charge on any atom is 0.308 e. The molecule has 25 aliphatic heterocycles. The number of hydrogen-bond acceptors (Lipinski definition) is 32. The van der Waals surface area contributed by atoms with Crippen LogP contribution in [0.3, 0.4) is 0 Å². The number of carbonyl (C=O) groups excluding carboxylic acids is 2. The summed E-state index contributed by atoms with van der Waals surface area (Å²) in [5.74, 6) is -3.12. The minimum atomic E-state index is -3.67. The van der Waals surface area contributed by atoms with Gasteiger partial charge in [0.25, 0.3) is 10.1 Å². The van der Waals surface area contributed by atoms with Crippen molar-refractivity contribution in [3.05, 3.63) is 48.6 Å². The van der Waals surface area contributed by atoms with Crippen LogP contribution >= 0.6 is 0 Å². The van der Waals surface area contributed by atoms with Crippen LogP contribution in [-0.4, -0.2) is 326 Å². The minimum absolute atomic E-state index is 0.00596. The summed E-state index contributed by atoms with van der Waals surface area (Å²) in [5, 5.41) is 40.9. The van der Waals surface area contributed by atoms with Crippen molar-refractivity contribution in [2.45, 2.75) is 502 Å². The summed E-state index contributed by atoms with van der Waals surface area (Å²) in [6.45, 7) is 31.0. The molecule has 34 heteroatoms. The standard InChI is InChI=1S/C60H86O19.C40H59NO10.CH4O3S/c1-26-13-33-7-9-37-27(2)14-35(65-37)11-12-58-23-46-54(78-58)55-56(72-46)57(79-58)53-38(69-55)10-8-34(67-53)16-48(64)73-52-31(6)51-43(68-42(52)17-39(66-33)30(26)5)19-41-45(71-51)22-60(74-41)24-47-50(77-60)29(4)21-59(76-47)20-28(3)49-44(75-59)18-40(70-49)36(63)15-32(62)25-61;1-19-11-26-5-7-29-20(2)12-28(44-29)9-10-40-17-32-36(50-40)37-38(48-32)39(51-40)35-30(47-37)8-6-27(46-35)16-33(43)49-34-22(4)23(14-25(42)18-41)13-24(34)15-31(45-26)21(19)3;1-5(2,3)4/h26,28-29,31-47,49-57,61-63H,2,5,7-25H2,1,3-4,6H3;19,22-32,34-39,42H,2-3,5-18,41H2,1,4H3;1H3,(H,2,3,4)/t26-,28+,29+,31+,32-,33+,34-,35+,36+,37+,38?,39-,40+,41-,42+,43+,44+,45-,46?,47+,49+,50+,51+,52-,53+,54+,55+,56-,57+,58?,59?,60+;19-,22+,23-,24+,25+,26+,27-,28+,29+,30?,31-,32?,34-,35+,36+,37+,38-,39+,40?;/m11./s1. The van der Waals surface area contributed by atoms with Gasteiger partial charge in [-0.25, -0.2) is 0 Å². The first-order valence-corrected chi connectivity index (χ1v) is 53.7. The predicted octanol–water partition coefficient (Wildman–Crippen LogP) is 8.69. The fourth-order valence-corrected chi connectivity index (χ4v) is 29.7. The number of fused-ring (bicyclic) bond motifs is 16. The van der Waals surface area contributed by atoms with E-state index in [4.69, 9.17) is 119 Å². The van der Waals surface area contributed by atoms with Gasteiger partial charge in [-0.1, -0.05) is 67.9 Å². The molecule has 7 N–H and O–H groups in total. The molecule has 0 radical (unpaired) electrons. The molecule has 25 heterocycles. The zero-order chi connectivity index (χ0) is 93.7. The molecule has 0 amide bonds. The van der Waals surface area contributed by atoms with Crippen LogP contribution in [0.4, 0.5) is 0 Å². The van der Waals surface area contributed by atoms with Crippen molar-refractivity contribution in [2.75, 3.05) is 19.4 Å². The van der Waals surface area contributed by atoms with E-state index in [1.807, 2.05) is 0 Å². The summed E-state index contributed by atoms with van der Waals surface area (Å²) in [4.78, 5) is 28.4. The quantitative estimate of drug-likeness (QED) is 0.0788. The second-order valence-corrected chi connectivity index (χ2v) is 47.4. The first-order chi connectivity index (χ1) is 64.5. The zero-order valence-corrected chi connectivity index (χ0v) is 80.4. The number of rotatable bonds is 7. The lowest BCUT2D eigenvalue weighted by molar-refractivity contribution is -0.347. The highest BCUT2D eigenvalue weighted by Crippen LogP contribution is 2.61. The highest BCUT2D eigenvalue weighted by Gasteiger charge is 2.73. The Balaban J connectivity index is 0.000000162. The van der Waals surface area contributed by atoms with Crippen molar-refractivity contribution in [3.63, 3.8) is 0 Å². The Morgan fingerprint density at radius 1 is 0.378 bits per heavy atom. The van der Waals surface area contributed by atoms with Crippen LogP contribution < -0.4 is 5.73 Å². The van der Waals surface area contributed by atoms with Gasteiger partial charge in [-0.3, -0.25) is 14.1 Å². The van der Waals surface area contributed by atoms with E-state index in [-0.39, 0.29) is 262 Å². The Hall–Kier alpha value is -3.23. The monoisotopic (exact) mass is 1920 g/mol. The van der Waals surface area contributed by atoms with Crippen molar-refractivity contribution >= 4 is 22.1 Å². The Morgan fingerprint density at radius 3 is 1.41 bits per heavy atom. The molecule has 26 rings (SSSR count). The van der Waals surface area contributed by atoms with E-state index in [0.29, 0.717) is 102 Å². The number of aliphatic hydroxyl groups excluding tert-OH is 4. The molecule has 4 spiro atoms. The molecule has 25 saturated heterocycles. The zero-order valence-electron chi connectivity index (χ0n) is 79.5. The smallest absolute Gasteiger partial charge is 0.308 e. The average Bonchev–Trinajstić information content (AvgIpc) is 1.54. The van der Waals surface area contributed by atoms with E-state index in [2.05, 4.69) is 67.9 Å². The number of carbonyl (C=O) groups is 2. The van der Waals surface area contributed by atoms with E-state index in [1.54, 1.807) is 0 Å². The van der Waals surface area contributed by atoms with Crippen LogP contribution in [0.2, 0.25) is 0 Å². The lowest BCUT2D eigenvalue weighted by Gasteiger charge is -2.50. The van der Waals surface area contributed by atoms with Crippen molar-refractivity contribution in [1.29, 1.82) is 0 Å². The normalized spacial score (nSPS) is 53.9. The summed E-state index contributed by atoms with van der Waals surface area (Å²) in [6, 6.07) is 0. The van der Waals surface area contributed by atoms with E-state index in [0.717, 1.165) is 112 Å². The maximum atomic E-state index is 14.6. The second-order valence-electron chi connectivity index (χ2n) is 46.0. The van der Waals surface area contributed by atoms with Crippen molar-refractivity contribution in [2.24, 2.45) is 53.1 Å². The predicted molar refractivity (Wildman–Crippen MR) is 476 cm³/mol. The van der Waals surface area contributed by atoms with Crippen molar-refractivity contribution in [1.82, 2.24) is 0 Å². The van der Waals surface area contributed by atoms with Crippen LogP contribution in [0, 0.1) is 47.3 Å². The SMILES string of the molecule is C=C1C[C@@H]2CCC34CC5O[C@H]6[C@@H](O3)[C@H]3O[C@H](CCC3O[C@H]6[C@H]5O4)CC(=O)O[C@@H]3[C@@H](C)[C@@H]4O[C@@H]5C[C@]6(C[C@@H]7OC8(C[C@H](C)[C@@H]9O[C@H]([C@@H](O)C[C@@H](O)CO)C[C@@H]9O8)C[C@H](C)[C@@H]7O6)O[C@@H]5C[C@@H]4O[C@H]3C[C@H]3O[C@@H](CC[C@@H]1O2)C[C@@H](C)C3=C.C=C1C[C@@H]2CCC34CC5O[C@H]6[C@@H](O3)[C@H]3O[C@H](CCC3O[C@H]6[C@H]5O4)CC(=O)O[C@H]3[C@@H](C[C@H](C[C@H](O)CN)[C@@H]3C)C[C@H]3O[C@@H](CC[C@@H]1O2)C[C@@H](C)C3=C.CS(=O)(=O)O. The molecule has 1 saturated carbocycles. The van der Waals surface area contributed by atoms with Crippen LogP contribution in [0.15, 0.2) is 48.6 Å². The number of aliphatic hydroxyl groups is 4. The van der Waals surface area contributed by atoms with Gasteiger partial charge >= 0.3 is 11.9 Å². The third-order valence-electron chi connectivity index (χ3n) is 36.2. The van der Waals surface area contributed by atoms with E-state index in [1.165, 1.54) is 0 Å². The molecule has 24 bridgehead atoms. The third kappa shape index (κ3) is 18.9. The van der Waals surface area contributed by atoms with Crippen molar-refractivity contribution < 1.29 is 152 Å². The summed E-state index contributed by atoms with van der Waals surface area (Å²) >= 11 is 0. The molecule has 0 aromatic heterocycles. The molecule has 756 valence electrons. The molecule has 135 heavy (non-hydrogen) atoms. The van der Waals surface area contributed by atoms with E-state index < -0.39 is 94.8 Å². The van der Waals surface area contributed by atoms with Gasteiger partial charge < -0.3 is 135 Å². The third-order valence-corrected chi connectivity index (χ3v) is 36.2. The van der Waals surface area contributed by atoms with Gasteiger partial charge in [-0.15, -0.1) is 0 Å². The Kier molecular flexibility index (Phi) is 26.9. The Labute approximate surface area is 792 Å². The summed E-state index contributed by atoms with van der Waals surface area (Å²) in [7, 11) is -3.67. The molecule has 51 atom stereocenters. The van der Waals surface area contributed by atoms with Gasteiger partial charge in [0, 0.05) is 89.5 Å². The molecular weight excluding hydrogens is 1770 g/mol. The van der Waals surface area contributed by atoms with Gasteiger partial charge in [0.1, 0.15) is 73.2 Å². The molecule has 26 aliphatic rings. The highest BCUT2D eigenvalue weighted by molar-refractivity contribution is 7.85. The molecule has 33 nitrogen and oxygen atoms in total. The molecule has 7 unspecified atom stereocenters. The fourth-order valence-electron chi connectivity index (χ4n) is 29.7. The van der Waals surface area contributed by atoms with Gasteiger partial charge in [-0.05, 0) is 173 Å². The molecule has 26 fully saturated rings. The Morgan fingerprint density at radius 2 is 0.837 bits per heavy atom. The summed E-state index contributed by atoms with van der Waals surface area (Å²) in [6.07, 6.45) is 9.80. The largest absolute Gasteiger partial charge is 0.462 e. The first kappa shape index (κ1) is 96.6. The second kappa shape index (κ2) is 37.7. The maximum absolute atomic E-state index is 14.6. The number of esters is 2. The lowest BCUT2D eigenvalue weighted by atomic mass is 9.79. The van der Waals surface area contributed by atoms with Crippen molar-refractivity contribution in [3.8, 4) is 0 Å². The van der Waals surface area contributed by atoms with Crippen LogP contribution in [0.25, 0.3) is 0 Å². The molecule has 0 aromatic rings. The van der Waals surface area contributed by atoms with Crippen LogP contribution in [0.1, 0.15) is 241 Å². The lowest BCUT2D eigenvalue weighted by Crippen LogP contribution is -2.62. The van der Waals surface area contributed by atoms with Gasteiger partial charge in [0.05, 0.1) is 191 Å². The highest BCUT2D eigenvalue weighted by atomic mass is 32.2. The molecule has 1 aliphatic carbocycles. The van der Waals surface area contributed by atoms with Crippen LogP contribution in [-0.2, 0) is 129 Å². The Bertz CT molecular complexity index is 4460. The topological polar surface area (TPSA) is 408 Å². The fraction of sp³-hybridized carbons (Fsp3) is 0.901. The number of ether oxygens (including phenoxy) is 23. The number of hydrogen-bond donors (Lipinski definition) is 6. The average molecular weight is 1920 g/mol. The van der Waals surface area contributed by atoms with Crippen LogP contribution in [0.5, 0.6) is 0 Å². The van der Waals surface area contributed by atoms with Gasteiger partial charge in [0.15, 0.2) is 23.1 Å². The molecule has 0 aromatic carbocycles. The molecular formula is C101H149NO32S. The summed E-state index contributed by atoms with van der Waals surface area (Å²) < 4.78 is 183. The number of nitrogens with two attached hydrogens (primary N) is 1. The minimum Gasteiger partial charge on any atom is -0.462 e. The van der Waals surface area contributed by atoms with Gasteiger partial charge in [0.2, 0.25) is 0 Å².